The summed E-state index contributed by atoms with van der Waals surface area (Å²) in [4.78, 5) is 24.9. The molecule has 5 nitrogen and oxygen atoms in total. The summed E-state index contributed by atoms with van der Waals surface area (Å²) in [6.45, 7) is 6.18. The first kappa shape index (κ1) is 13.9. The highest BCUT2D eigenvalue weighted by molar-refractivity contribution is 5.88. The minimum Gasteiger partial charge on any atom is -0.478 e. The number of nitrogens with zero attached hydrogens (tertiary/aromatic N) is 1. The van der Waals surface area contributed by atoms with Gasteiger partial charge >= 0.3 is 12.0 Å². The van der Waals surface area contributed by atoms with Crippen molar-refractivity contribution in [2.75, 3.05) is 6.54 Å². The van der Waals surface area contributed by atoms with Gasteiger partial charge in [-0.15, -0.1) is 0 Å². The highest BCUT2D eigenvalue weighted by Crippen LogP contribution is 2.51. The van der Waals surface area contributed by atoms with Crippen molar-refractivity contribution in [3.05, 3.63) is 34.9 Å². The molecule has 0 bridgehead atoms. The number of fused-ring (bicyclic) bond motifs is 1. The minimum absolute atomic E-state index is 0.0641. The molecule has 1 aliphatic heterocycles. The molecule has 1 fully saturated rings. The standard InChI is InChI=1S/C16H20N2O3/c1-16(2)6-13(16)7-17-15(21)18-8-11-4-3-10(14(19)20)5-12(11)9-18/h3-5,13H,6-9H2,1-2H3,(H,17,21)(H,19,20). The van der Waals surface area contributed by atoms with Crippen molar-refractivity contribution < 1.29 is 14.7 Å². The average Bonchev–Trinajstić information content (AvgIpc) is 2.86. The maximum Gasteiger partial charge on any atom is 0.335 e. The number of nitrogens with one attached hydrogen (secondary N) is 1. The summed E-state index contributed by atoms with van der Waals surface area (Å²) in [6.07, 6.45) is 1.16. The summed E-state index contributed by atoms with van der Waals surface area (Å²) in [6, 6.07) is 4.99. The van der Waals surface area contributed by atoms with Crippen LogP contribution in [0.1, 0.15) is 41.8 Å². The van der Waals surface area contributed by atoms with Gasteiger partial charge in [0.05, 0.1) is 5.56 Å². The molecule has 1 aliphatic carbocycles. The Bertz CT molecular complexity index is 610. The molecule has 1 aromatic rings. The maximum absolute atomic E-state index is 12.2. The molecule has 1 atom stereocenters. The quantitative estimate of drug-likeness (QED) is 0.897. The van der Waals surface area contributed by atoms with E-state index in [0.717, 1.165) is 24.1 Å². The Morgan fingerprint density at radius 3 is 2.62 bits per heavy atom. The third kappa shape index (κ3) is 2.73. The number of hydrogen-bond acceptors (Lipinski definition) is 2. The van der Waals surface area contributed by atoms with Gasteiger partial charge in [0.2, 0.25) is 0 Å². The van der Waals surface area contributed by atoms with E-state index in [0.29, 0.717) is 24.4 Å². The van der Waals surface area contributed by atoms with Crippen LogP contribution in [0, 0.1) is 11.3 Å². The van der Waals surface area contributed by atoms with Gasteiger partial charge in [0.1, 0.15) is 0 Å². The summed E-state index contributed by atoms with van der Waals surface area (Å²) in [5.74, 6) is -0.360. The second kappa shape index (κ2) is 4.76. The highest BCUT2D eigenvalue weighted by Gasteiger charge is 2.45. The molecule has 0 aromatic heterocycles. The van der Waals surface area contributed by atoms with Crippen molar-refractivity contribution in [1.82, 2.24) is 10.2 Å². The lowest BCUT2D eigenvalue weighted by Crippen LogP contribution is -2.37. The van der Waals surface area contributed by atoms with Crippen LogP contribution < -0.4 is 5.32 Å². The average molecular weight is 288 g/mol. The van der Waals surface area contributed by atoms with Crippen LogP contribution in [0.4, 0.5) is 4.79 Å². The topological polar surface area (TPSA) is 69.6 Å². The monoisotopic (exact) mass is 288 g/mol. The Hall–Kier alpha value is -2.04. The van der Waals surface area contributed by atoms with Crippen LogP contribution in [0.25, 0.3) is 0 Å². The SMILES string of the molecule is CC1(C)CC1CNC(=O)N1Cc2ccc(C(=O)O)cc2C1. The Balaban J connectivity index is 1.59. The van der Waals surface area contributed by atoms with Crippen LogP contribution in [-0.4, -0.2) is 28.6 Å². The zero-order chi connectivity index (χ0) is 15.2. The molecular weight excluding hydrogens is 268 g/mol. The number of carboxylic acid groups (broad SMARTS) is 1. The number of carboxylic acids is 1. The van der Waals surface area contributed by atoms with Crippen LogP contribution in [0.15, 0.2) is 18.2 Å². The summed E-state index contributed by atoms with van der Waals surface area (Å²) in [5.41, 5.74) is 2.59. The van der Waals surface area contributed by atoms with Crippen molar-refractivity contribution >= 4 is 12.0 Å². The molecule has 0 radical (unpaired) electrons. The van der Waals surface area contributed by atoms with E-state index in [1.165, 1.54) is 0 Å². The smallest absolute Gasteiger partial charge is 0.335 e. The van der Waals surface area contributed by atoms with E-state index in [2.05, 4.69) is 19.2 Å². The second-order valence-corrected chi connectivity index (χ2v) is 6.72. The number of urea groups is 1. The third-order valence-corrected chi connectivity index (χ3v) is 4.68. The second-order valence-electron chi connectivity index (χ2n) is 6.72. The van der Waals surface area contributed by atoms with Gasteiger partial charge in [0, 0.05) is 19.6 Å². The van der Waals surface area contributed by atoms with Gasteiger partial charge < -0.3 is 15.3 Å². The molecule has 0 spiro atoms. The van der Waals surface area contributed by atoms with Gasteiger partial charge in [0.15, 0.2) is 0 Å². The lowest BCUT2D eigenvalue weighted by atomic mass is 10.1. The molecule has 5 heteroatoms. The van der Waals surface area contributed by atoms with Crippen molar-refractivity contribution in [3.63, 3.8) is 0 Å². The fourth-order valence-corrected chi connectivity index (χ4v) is 2.92. The summed E-state index contributed by atoms with van der Waals surface area (Å²) in [7, 11) is 0. The maximum atomic E-state index is 12.2. The Morgan fingerprint density at radius 2 is 2.00 bits per heavy atom. The number of aromatic carboxylic acids is 1. The zero-order valence-electron chi connectivity index (χ0n) is 12.3. The van der Waals surface area contributed by atoms with E-state index in [-0.39, 0.29) is 11.6 Å². The third-order valence-electron chi connectivity index (χ3n) is 4.68. The van der Waals surface area contributed by atoms with Crippen LogP contribution in [-0.2, 0) is 13.1 Å². The number of benzene rings is 1. The predicted octanol–water partition coefficient (Wildman–Crippen LogP) is 2.46. The number of amides is 2. The van der Waals surface area contributed by atoms with E-state index in [9.17, 15) is 9.59 Å². The van der Waals surface area contributed by atoms with E-state index in [1.807, 2.05) is 0 Å². The first-order valence-electron chi connectivity index (χ1n) is 7.25. The molecule has 2 aliphatic rings. The fourth-order valence-electron chi connectivity index (χ4n) is 2.92. The van der Waals surface area contributed by atoms with E-state index >= 15 is 0 Å². The van der Waals surface area contributed by atoms with Crippen molar-refractivity contribution in [2.24, 2.45) is 11.3 Å². The molecule has 1 unspecified atom stereocenters. The molecule has 1 saturated carbocycles. The number of carbonyl (C=O) groups excluding carboxylic acids is 1. The van der Waals surface area contributed by atoms with E-state index in [4.69, 9.17) is 5.11 Å². The van der Waals surface area contributed by atoms with Gasteiger partial charge in [-0.2, -0.15) is 0 Å². The molecule has 2 amide bonds. The predicted molar refractivity (Wildman–Crippen MR) is 77.9 cm³/mol. The highest BCUT2D eigenvalue weighted by atomic mass is 16.4. The fraction of sp³-hybridized carbons (Fsp3) is 0.500. The van der Waals surface area contributed by atoms with E-state index < -0.39 is 5.97 Å². The van der Waals surface area contributed by atoms with Crippen LogP contribution in [0.5, 0.6) is 0 Å². The van der Waals surface area contributed by atoms with Crippen molar-refractivity contribution in [1.29, 1.82) is 0 Å². The lowest BCUT2D eigenvalue weighted by molar-refractivity contribution is 0.0696. The number of hydrogen-bond donors (Lipinski definition) is 2. The number of rotatable bonds is 3. The first-order chi connectivity index (χ1) is 9.87. The molecular formula is C16H20N2O3. The minimum atomic E-state index is -0.934. The molecule has 0 saturated heterocycles. The normalized spacial score (nSPS) is 21.8. The van der Waals surface area contributed by atoms with Gasteiger partial charge in [-0.25, -0.2) is 9.59 Å². The summed E-state index contributed by atoms with van der Waals surface area (Å²) in [5, 5.41) is 12.0. The Labute approximate surface area is 123 Å². The summed E-state index contributed by atoms with van der Waals surface area (Å²) >= 11 is 0. The number of carbonyl (C=O) groups is 2. The van der Waals surface area contributed by atoms with Gasteiger partial charge in [0.25, 0.3) is 0 Å². The van der Waals surface area contributed by atoms with E-state index in [1.54, 1.807) is 23.1 Å². The summed E-state index contributed by atoms with van der Waals surface area (Å²) < 4.78 is 0. The van der Waals surface area contributed by atoms with Gasteiger partial charge in [-0.3, -0.25) is 0 Å². The lowest BCUT2D eigenvalue weighted by Gasteiger charge is -2.16. The van der Waals surface area contributed by atoms with Crippen LogP contribution >= 0.6 is 0 Å². The van der Waals surface area contributed by atoms with Gasteiger partial charge in [-0.05, 0) is 41.0 Å². The Kier molecular flexibility index (Phi) is 3.15. The largest absolute Gasteiger partial charge is 0.478 e. The first-order valence-corrected chi connectivity index (χ1v) is 7.25. The molecule has 2 N–H and O–H groups in total. The van der Waals surface area contributed by atoms with Crippen LogP contribution in [0.2, 0.25) is 0 Å². The van der Waals surface area contributed by atoms with Crippen molar-refractivity contribution in [2.45, 2.75) is 33.4 Å². The Morgan fingerprint density at radius 1 is 1.33 bits per heavy atom. The van der Waals surface area contributed by atoms with Crippen LogP contribution in [0.3, 0.4) is 0 Å². The van der Waals surface area contributed by atoms with Gasteiger partial charge in [-0.1, -0.05) is 19.9 Å². The zero-order valence-corrected chi connectivity index (χ0v) is 12.3. The van der Waals surface area contributed by atoms with Crippen molar-refractivity contribution in [3.8, 4) is 0 Å². The molecule has 112 valence electrons. The molecule has 21 heavy (non-hydrogen) atoms. The molecule has 3 rings (SSSR count). The molecule has 1 aromatic carbocycles. The molecule has 1 heterocycles.